The zero-order valence-corrected chi connectivity index (χ0v) is 11.9. The molecule has 0 spiro atoms. The number of aliphatic hydroxyl groups is 1. The molecule has 2 N–H and O–H groups in total. The lowest BCUT2D eigenvalue weighted by Gasteiger charge is -2.35. The summed E-state index contributed by atoms with van der Waals surface area (Å²) in [4.78, 5) is 14.2. The van der Waals surface area contributed by atoms with Crippen LogP contribution < -0.4 is 4.90 Å². The summed E-state index contributed by atoms with van der Waals surface area (Å²) < 4.78 is 0. The molecule has 3 heterocycles. The van der Waals surface area contributed by atoms with Crippen molar-refractivity contribution in [1.82, 2.24) is 15.0 Å². The molecule has 1 atom stereocenters. The third-order valence-electron chi connectivity index (χ3n) is 3.87. The van der Waals surface area contributed by atoms with E-state index in [9.17, 15) is 10.4 Å². The first-order valence-electron chi connectivity index (χ1n) is 7.08. The molecule has 0 radical (unpaired) electrons. The van der Waals surface area contributed by atoms with E-state index in [2.05, 4.69) is 32.8 Å². The van der Waals surface area contributed by atoms with Crippen LogP contribution in [0.1, 0.15) is 42.2 Å². The van der Waals surface area contributed by atoms with E-state index in [1.54, 1.807) is 18.3 Å². The molecule has 0 saturated heterocycles. The van der Waals surface area contributed by atoms with E-state index >= 15 is 0 Å². The summed E-state index contributed by atoms with van der Waals surface area (Å²) in [5, 5.41) is 18.5. The van der Waals surface area contributed by atoms with Crippen LogP contribution in [0.2, 0.25) is 0 Å². The van der Waals surface area contributed by atoms with Gasteiger partial charge in [0.15, 0.2) is 0 Å². The minimum atomic E-state index is -0.0868. The second-order valence-corrected chi connectivity index (χ2v) is 5.06. The lowest BCUT2D eigenvalue weighted by Crippen LogP contribution is -2.36. The lowest BCUT2D eigenvalue weighted by molar-refractivity contribution is 0.272. The summed E-state index contributed by atoms with van der Waals surface area (Å²) in [6.07, 6.45) is 3.38. The molecule has 0 bridgehead atoms. The highest BCUT2D eigenvalue weighted by Crippen LogP contribution is 2.34. The summed E-state index contributed by atoms with van der Waals surface area (Å²) in [6.45, 7) is 2.79. The molecule has 6 heteroatoms. The standard InChI is InChI=1S/C15H17N5O/c1-2-12-14-11(18-13(9-21)19-14)5-7-20(12)15-10(8-16)4-3-6-17-15/h3-4,6,12,21H,2,5,7,9H2,1H3,(H,18,19). The number of H-pyrrole nitrogens is 1. The maximum absolute atomic E-state index is 9.27. The number of anilines is 1. The molecule has 0 amide bonds. The number of fused-ring (bicyclic) bond motifs is 1. The van der Waals surface area contributed by atoms with Crippen LogP contribution >= 0.6 is 0 Å². The van der Waals surface area contributed by atoms with Crippen LogP contribution in [0.5, 0.6) is 0 Å². The number of nitrogens with one attached hydrogen (secondary N) is 1. The van der Waals surface area contributed by atoms with Crippen molar-refractivity contribution in [3.63, 3.8) is 0 Å². The number of hydrogen-bond acceptors (Lipinski definition) is 5. The quantitative estimate of drug-likeness (QED) is 0.894. The summed E-state index contributed by atoms with van der Waals surface area (Å²) in [5.41, 5.74) is 2.62. The third kappa shape index (κ3) is 2.26. The average molecular weight is 283 g/mol. The Morgan fingerprint density at radius 2 is 2.43 bits per heavy atom. The maximum atomic E-state index is 9.27. The Balaban J connectivity index is 2.03. The van der Waals surface area contributed by atoms with Gasteiger partial charge in [0.05, 0.1) is 17.3 Å². The number of hydrogen-bond donors (Lipinski definition) is 2. The first-order valence-corrected chi connectivity index (χ1v) is 7.08. The Labute approximate surface area is 123 Å². The fourth-order valence-corrected chi connectivity index (χ4v) is 2.94. The Morgan fingerprint density at radius 1 is 1.57 bits per heavy atom. The topological polar surface area (TPSA) is 88.8 Å². The molecule has 2 aromatic rings. The van der Waals surface area contributed by atoms with Crippen LogP contribution in [0.4, 0.5) is 5.82 Å². The predicted octanol–water partition coefficient (Wildman–Crippen LogP) is 1.68. The van der Waals surface area contributed by atoms with Crippen LogP contribution in [-0.2, 0) is 13.0 Å². The zero-order chi connectivity index (χ0) is 14.8. The van der Waals surface area contributed by atoms with Crippen LogP contribution in [-0.4, -0.2) is 26.6 Å². The van der Waals surface area contributed by atoms with Crippen molar-refractivity contribution in [1.29, 1.82) is 5.26 Å². The van der Waals surface area contributed by atoms with Crippen molar-refractivity contribution in [2.75, 3.05) is 11.4 Å². The first kappa shape index (κ1) is 13.6. The Bertz CT molecular complexity index is 688. The summed E-state index contributed by atoms with van der Waals surface area (Å²) in [5.74, 6) is 1.31. The molecule has 1 aliphatic rings. The van der Waals surface area contributed by atoms with Crippen molar-refractivity contribution >= 4 is 5.82 Å². The number of nitriles is 1. The number of aromatic amines is 1. The SMILES string of the molecule is CCC1c2nc(CO)[nH]c2CCN1c1ncccc1C#N. The minimum absolute atomic E-state index is 0.0762. The molecule has 0 aliphatic carbocycles. The van der Waals surface area contributed by atoms with Gasteiger partial charge in [-0.2, -0.15) is 5.26 Å². The number of nitrogens with zero attached hydrogens (tertiary/aromatic N) is 4. The van der Waals surface area contributed by atoms with E-state index in [0.717, 1.165) is 30.8 Å². The van der Waals surface area contributed by atoms with E-state index in [4.69, 9.17) is 0 Å². The second kappa shape index (κ2) is 5.54. The van der Waals surface area contributed by atoms with Crippen LogP contribution in [0.3, 0.4) is 0 Å². The van der Waals surface area contributed by atoms with Gasteiger partial charge in [0, 0.05) is 24.9 Å². The zero-order valence-electron chi connectivity index (χ0n) is 11.9. The molecule has 108 valence electrons. The van der Waals surface area contributed by atoms with E-state index in [1.807, 2.05) is 0 Å². The Morgan fingerprint density at radius 3 is 3.14 bits per heavy atom. The molecular formula is C15H17N5O. The van der Waals surface area contributed by atoms with Crippen molar-refractivity contribution in [2.45, 2.75) is 32.4 Å². The van der Waals surface area contributed by atoms with Crippen molar-refractivity contribution < 1.29 is 5.11 Å². The fraction of sp³-hybridized carbons (Fsp3) is 0.400. The molecule has 6 nitrogen and oxygen atoms in total. The highest BCUT2D eigenvalue weighted by atomic mass is 16.3. The number of imidazole rings is 1. The largest absolute Gasteiger partial charge is 0.388 e. The number of aromatic nitrogens is 3. The second-order valence-electron chi connectivity index (χ2n) is 5.06. The monoisotopic (exact) mass is 283 g/mol. The molecule has 1 unspecified atom stereocenters. The molecule has 0 aromatic carbocycles. The summed E-state index contributed by atoms with van der Waals surface area (Å²) >= 11 is 0. The summed E-state index contributed by atoms with van der Waals surface area (Å²) in [7, 11) is 0. The van der Waals surface area contributed by atoms with Gasteiger partial charge in [0.2, 0.25) is 0 Å². The van der Waals surface area contributed by atoms with Crippen molar-refractivity contribution in [3.05, 3.63) is 41.1 Å². The van der Waals surface area contributed by atoms with Gasteiger partial charge in [-0.1, -0.05) is 6.92 Å². The number of rotatable bonds is 3. The van der Waals surface area contributed by atoms with Gasteiger partial charge in [-0.25, -0.2) is 9.97 Å². The van der Waals surface area contributed by atoms with Gasteiger partial charge >= 0.3 is 0 Å². The number of aliphatic hydroxyl groups excluding tert-OH is 1. The fourth-order valence-electron chi connectivity index (χ4n) is 2.94. The van der Waals surface area contributed by atoms with Crippen LogP contribution in [0.15, 0.2) is 18.3 Å². The molecule has 1 aliphatic heterocycles. The molecule has 2 aromatic heterocycles. The third-order valence-corrected chi connectivity index (χ3v) is 3.87. The maximum Gasteiger partial charge on any atom is 0.147 e. The minimum Gasteiger partial charge on any atom is -0.388 e. The number of pyridine rings is 1. The first-order chi connectivity index (χ1) is 10.3. The highest BCUT2D eigenvalue weighted by molar-refractivity contribution is 5.56. The molecular weight excluding hydrogens is 266 g/mol. The van der Waals surface area contributed by atoms with Gasteiger partial charge in [-0.15, -0.1) is 0 Å². The van der Waals surface area contributed by atoms with Crippen molar-refractivity contribution in [3.8, 4) is 6.07 Å². The van der Waals surface area contributed by atoms with Gasteiger partial charge in [0.1, 0.15) is 24.3 Å². The Hall–Kier alpha value is -2.39. The van der Waals surface area contributed by atoms with E-state index in [-0.39, 0.29) is 12.6 Å². The normalized spacial score (nSPS) is 17.4. The van der Waals surface area contributed by atoms with Gasteiger partial charge in [0.25, 0.3) is 0 Å². The smallest absolute Gasteiger partial charge is 0.147 e. The van der Waals surface area contributed by atoms with Gasteiger partial charge in [-0.05, 0) is 18.6 Å². The highest BCUT2D eigenvalue weighted by Gasteiger charge is 2.31. The van der Waals surface area contributed by atoms with Crippen LogP contribution in [0, 0.1) is 11.3 Å². The average Bonchev–Trinajstić information content (AvgIpc) is 2.97. The molecule has 21 heavy (non-hydrogen) atoms. The summed E-state index contributed by atoms with van der Waals surface area (Å²) in [6, 6.07) is 5.84. The van der Waals surface area contributed by atoms with E-state index in [1.165, 1.54) is 0 Å². The molecule has 3 rings (SSSR count). The Kier molecular flexibility index (Phi) is 3.59. The predicted molar refractivity (Wildman–Crippen MR) is 77.5 cm³/mol. The van der Waals surface area contributed by atoms with Crippen molar-refractivity contribution in [2.24, 2.45) is 0 Å². The lowest BCUT2D eigenvalue weighted by atomic mass is 10.00. The van der Waals surface area contributed by atoms with E-state index < -0.39 is 0 Å². The van der Waals surface area contributed by atoms with Gasteiger partial charge in [-0.3, -0.25) is 0 Å². The van der Waals surface area contributed by atoms with E-state index in [0.29, 0.717) is 17.2 Å². The van der Waals surface area contributed by atoms with Crippen LogP contribution in [0.25, 0.3) is 0 Å². The van der Waals surface area contributed by atoms with Gasteiger partial charge < -0.3 is 15.0 Å². The molecule has 0 saturated carbocycles. The molecule has 0 fully saturated rings.